The molecule has 1 aromatic rings. The van der Waals surface area contributed by atoms with E-state index in [4.69, 9.17) is 11.6 Å². The van der Waals surface area contributed by atoms with Crippen molar-refractivity contribution in [3.8, 4) is 0 Å². The first-order chi connectivity index (χ1) is 17.0. The zero-order valence-electron chi connectivity index (χ0n) is 21.3. The van der Waals surface area contributed by atoms with Crippen molar-refractivity contribution in [1.82, 2.24) is 10.6 Å². The molecule has 0 saturated carbocycles. The van der Waals surface area contributed by atoms with Gasteiger partial charge in [-0.25, -0.2) is 4.39 Å². The van der Waals surface area contributed by atoms with Crippen LogP contribution in [0.1, 0.15) is 51.7 Å². The molecule has 1 aromatic carbocycles. The second-order valence-corrected chi connectivity index (χ2v) is 10.8. The maximum Gasteiger partial charge on any atom is 0.406 e. The lowest BCUT2D eigenvalue weighted by Crippen LogP contribution is -2.51. The average molecular weight is 575 g/mol. The first kappa shape index (κ1) is 33.2. The van der Waals surface area contributed by atoms with Crippen molar-refractivity contribution in [2.45, 2.75) is 58.3 Å². The molecule has 0 aromatic heterocycles. The van der Waals surface area contributed by atoms with E-state index < -0.39 is 34.2 Å². The monoisotopic (exact) mass is 574 g/mol. The first-order valence-electron chi connectivity index (χ1n) is 11.7. The van der Waals surface area contributed by atoms with E-state index in [0.29, 0.717) is 47.8 Å². The Morgan fingerprint density at radius 2 is 1.70 bits per heavy atom. The summed E-state index contributed by atoms with van der Waals surface area (Å²) in [4.78, 5) is 0.350. The van der Waals surface area contributed by atoms with Gasteiger partial charge in [0, 0.05) is 35.0 Å². The van der Waals surface area contributed by atoms with E-state index in [0.717, 1.165) is 12.5 Å². The molecule has 0 bridgehead atoms. The Labute approximate surface area is 223 Å². The molecule has 0 radical (unpaired) electrons. The molecule has 2 N–H and O–H groups in total. The van der Waals surface area contributed by atoms with Crippen molar-refractivity contribution in [2.75, 3.05) is 18.8 Å². The Kier molecular flexibility index (Phi) is 12.4. The summed E-state index contributed by atoms with van der Waals surface area (Å²) in [5.41, 5.74) is -5.24. The number of allylic oxidation sites excluding steroid dienone is 1. The van der Waals surface area contributed by atoms with Gasteiger partial charge in [0.2, 0.25) is 0 Å². The smallest absolute Gasteiger partial charge is 0.391 e. The topological polar surface area (TPSA) is 24.1 Å². The largest absolute Gasteiger partial charge is 0.406 e. The summed E-state index contributed by atoms with van der Waals surface area (Å²) < 4.78 is 97.0. The molecule has 2 nitrogen and oxygen atoms in total. The fourth-order valence-electron chi connectivity index (χ4n) is 3.34. The van der Waals surface area contributed by atoms with Crippen LogP contribution in [0.4, 0.5) is 30.7 Å². The number of alkyl halides is 6. The molecule has 1 unspecified atom stereocenters. The maximum absolute atomic E-state index is 15.4. The molecule has 0 heterocycles. The minimum Gasteiger partial charge on any atom is -0.391 e. The van der Waals surface area contributed by atoms with Crippen LogP contribution in [0, 0.1) is 17.7 Å². The minimum absolute atomic E-state index is 0.0391. The Morgan fingerprint density at radius 1 is 1.11 bits per heavy atom. The summed E-state index contributed by atoms with van der Waals surface area (Å²) in [6.07, 6.45) is -6.72. The number of nitrogens with one attached hydrogen (secondary N) is 2. The summed E-state index contributed by atoms with van der Waals surface area (Å²) in [6, 6.07) is 1.54. The third-order valence-corrected chi connectivity index (χ3v) is 7.27. The molecule has 0 fully saturated rings. The molecular formula is C26H34ClF7N2S. The number of halogens is 8. The van der Waals surface area contributed by atoms with Crippen LogP contribution in [-0.2, 0) is 5.41 Å². The van der Waals surface area contributed by atoms with Crippen molar-refractivity contribution < 1.29 is 30.7 Å². The maximum atomic E-state index is 15.4. The van der Waals surface area contributed by atoms with Gasteiger partial charge in [-0.3, -0.25) is 0 Å². The molecule has 1 rings (SSSR count). The Balaban J connectivity index is 3.46. The fourth-order valence-corrected chi connectivity index (χ4v) is 4.77. The molecule has 0 aliphatic heterocycles. The van der Waals surface area contributed by atoms with E-state index in [1.165, 1.54) is 11.8 Å². The molecule has 210 valence electrons. The minimum atomic E-state index is -5.75. The molecule has 0 spiro atoms. The van der Waals surface area contributed by atoms with Gasteiger partial charge in [-0.2, -0.15) is 26.3 Å². The van der Waals surface area contributed by atoms with Crippen LogP contribution in [-0.4, -0.2) is 31.2 Å². The van der Waals surface area contributed by atoms with Crippen LogP contribution in [0.2, 0.25) is 5.02 Å². The van der Waals surface area contributed by atoms with Gasteiger partial charge in [0.15, 0.2) is 5.41 Å². The van der Waals surface area contributed by atoms with Gasteiger partial charge in [-0.15, -0.1) is 11.8 Å². The van der Waals surface area contributed by atoms with Crippen LogP contribution >= 0.6 is 23.4 Å². The van der Waals surface area contributed by atoms with E-state index in [-0.39, 0.29) is 18.4 Å². The fraction of sp³-hybridized carbons (Fsp3) is 0.538. The first-order valence-corrected chi connectivity index (χ1v) is 13.1. The van der Waals surface area contributed by atoms with Crippen molar-refractivity contribution in [3.05, 3.63) is 65.2 Å². The Bertz CT molecular complexity index is 941. The number of thioether (sulfide) groups is 1. The van der Waals surface area contributed by atoms with Crippen molar-refractivity contribution >= 4 is 28.3 Å². The van der Waals surface area contributed by atoms with Gasteiger partial charge in [-0.05, 0) is 43.4 Å². The number of rotatable bonds is 14. The second-order valence-electron chi connectivity index (χ2n) is 9.38. The summed E-state index contributed by atoms with van der Waals surface area (Å²) >= 11 is 7.06. The second kappa shape index (κ2) is 13.8. The number of hydrogen-bond donors (Lipinski definition) is 2. The number of hydrogen-bond acceptors (Lipinski definition) is 3. The molecule has 0 amide bonds. The molecule has 0 aliphatic rings. The molecule has 0 aliphatic carbocycles. The highest BCUT2D eigenvalue weighted by atomic mass is 35.5. The van der Waals surface area contributed by atoms with Gasteiger partial charge in [0.05, 0.1) is 5.02 Å². The van der Waals surface area contributed by atoms with Gasteiger partial charge < -0.3 is 10.6 Å². The third-order valence-electron chi connectivity index (χ3n) is 5.74. The van der Waals surface area contributed by atoms with E-state index in [1.54, 1.807) is 12.3 Å². The summed E-state index contributed by atoms with van der Waals surface area (Å²) in [6.45, 7) is 14.7. The summed E-state index contributed by atoms with van der Waals surface area (Å²) in [7, 11) is 0. The third kappa shape index (κ3) is 8.87. The highest BCUT2D eigenvalue weighted by molar-refractivity contribution is 8.08. The van der Waals surface area contributed by atoms with Gasteiger partial charge in [0.25, 0.3) is 0 Å². The molecule has 0 saturated heterocycles. The van der Waals surface area contributed by atoms with Crippen LogP contribution in [0.3, 0.4) is 0 Å². The Morgan fingerprint density at radius 3 is 2.22 bits per heavy atom. The predicted molar refractivity (Wildman–Crippen MR) is 140 cm³/mol. The molecule has 37 heavy (non-hydrogen) atoms. The highest BCUT2D eigenvalue weighted by Gasteiger charge is 2.69. The number of benzene rings is 1. The quantitative estimate of drug-likeness (QED) is 0.171. The normalized spacial score (nSPS) is 14.0. The van der Waals surface area contributed by atoms with Crippen LogP contribution in [0.15, 0.2) is 43.3 Å². The van der Waals surface area contributed by atoms with E-state index in [1.807, 2.05) is 20.8 Å². The van der Waals surface area contributed by atoms with Crippen molar-refractivity contribution in [1.29, 1.82) is 0 Å². The van der Waals surface area contributed by atoms with Crippen LogP contribution in [0.5, 0.6) is 0 Å². The van der Waals surface area contributed by atoms with Crippen LogP contribution < -0.4 is 10.6 Å². The van der Waals surface area contributed by atoms with E-state index in [2.05, 4.69) is 23.8 Å². The summed E-state index contributed by atoms with van der Waals surface area (Å²) in [5, 5.41) is 4.91. The molecular weight excluding hydrogens is 541 g/mol. The van der Waals surface area contributed by atoms with Crippen LogP contribution in [0.25, 0.3) is 4.91 Å². The zero-order valence-corrected chi connectivity index (χ0v) is 22.9. The molecule has 11 heteroatoms. The van der Waals surface area contributed by atoms with E-state index >= 15 is 4.39 Å². The average Bonchev–Trinajstić information content (AvgIpc) is 2.78. The van der Waals surface area contributed by atoms with E-state index in [9.17, 15) is 26.3 Å². The highest BCUT2D eigenvalue weighted by Crippen LogP contribution is 2.54. The van der Waals surface area contributed by atoms with Crippen molar-refractivity contribution in [3.63, 3.8) is 0 Å². The van der Waals surface area contributed by atoms with Crippen molar-refractivity contribution in [2.24, 2.45) is 11.8 Å². The lowest BCUT2D eigenvalue weighted by molar-refractivity contribution is -0.297. The lowest BCUT2D eigenvalue weighted by atomic mass is 9.80. The SMILES string of the molecule is C=CNCCCC(C)/C=C(/SCC(=C)NCC(C)C)c1ccc(C(C)(C(F)(F)F)C(F)(F)F)c(Cl)c1F. The summed E-state index contributed by atoms with van der Waals surface area (Å²) in [5.74, 6) is -0.745. The Hall–Kier alpha value is -1.81. The van der Waals surface area contributed by atoms with Gasteiger partial charge in [-0.1, -0.05) is 63.7 Å². The predicted octanol–water partition coefficient (Wildman–Crippen LogP) is 8.84. The zero-order chi connectivity index (χ0) is 28.6. The lowest BCUT2D eigenvalue weighted by Gasteiger charge is -2.35. The molecule has 1 atom stereocenters. The van der Waals surface area contributed by atoms with Gasteiger partial charge >= 0.3 is 12.4 Å². The standard InChI is InChI=1S/C26H34ClF7N2S/c1-7-35-12-8-9-17(4)13-21(37-15-18(5)36-14-16(2)3)19-10-11-20(22(27)23(19)28)24(6,25(29,30)31)26(32,33)34/h7,10-11,13,16-17,35-36H,1,5,8-9,12,14-15H2,2-4,6H3/b21-13+. The van der Waals surface area contributed by atoms with Gasteiger partial charge in [0.1, 0.15) is 5.82 Å².